The van der Waals surface area contributed by atoms with Gasteiger partial charge in [-0.2, -0.15) is 0 Å². The van der Waals surface area contributed by atoms with E-state index in [1.54, 1.807) is 18.0 Å². The van der Waals surface area contributed by atoms with Gasteiger partial charge in [0, 0.05) is 6.20 Å². The minimum Gasteiger partial charge on any atom is -0.270 e. The Hall–Kier alpha value is -2.79. The lowest BCUT2D eigenvalue weighted by molar-refractivity contribution is 0.918. The van der Waals surface area contributed by atoms with Gasteiger partial charge in [-0.3, -0.25) is 5.43 Å². The summed E-state index contributed by atoms with van der Waals surface area (Å²) in [5.41, 5.74) is 5.27. The summed E-state index contributed by atoms with van der Waals surface area (Å²) in [5.74, 6) is 0.804. The Bertz CT molecular complexity index is 737. The number of hydrazine groups is 1. The maximum atomic E-state index is 4.67. The third kappa shape index (κ3) is 4.14. The summed E-state index contributed by atoms with van der Waals surface area (Å²) in [5, 5.41) is 2.72. The fraction of sp³-hybridized carbons (Fsp3) is 0.0526. The first-order chi connectivity index (χ1) is 11.9. The van der Waals surface area contributed by atoms with Gasteiger partial charge in [0.05, 0.1) is 11.4 Å². The predicted molar refractivity (Wildman–Crippen MR) is 103 cm³/mol. The highest BCUT2D eigenvalue weighted by molar-refractivity contribution is 8.13. The smallest absolute Gasteiger partial charge is 0.180 e. The molecule has 0 aliphatic heterocycles. The second kappa shape index (κ2) is 8.17. The number of nitrogens with one attached hydrogen (secondary N) is 1. The van der Waals surface area contributed by atoms with Gasteiger partial charge in [-0.15, -0.1) is 0 Å². The van der Waals surface area contributed by atoms with Crippen LogP contribution < -0.4 is 10.4 Å². The van der Waals surface area contributed by atoms with Crippen LogP contribution in [0, 0.1) is 0 Å². The van der Waals surface area contributed by atoms with E-state index in [2.05, 4.69) is 15.4 Å². The van der Waals surface area contributed by atoms with E-state index < -0.39 is 0 Å². The predicted octanol–water partition coefficient (Wildman–Crippen LogP) is 4.78. The fourth-order valence-corrected chi connectivity index (χ4v) is 2.53. The molecule has 0 bridgehead atoms. The van der Waals surface area contributed by atoms with Crippen molar-refractivity contribution >= 4 is 34.1 Å². The van der Waals surface area contributed by atoms with E-state index in [0.717, 1.165) is 22.4 Å². The van der Waals surface area contributed by atoms with Crippen LogP contribution in [-0.2, 0) is 0 Å². The third-order valence-electron chi connectivity index (χ3n) is 3.28. The Morgan fingerprint density at radius 2 is 1.58 bits per heavy atom. The van der Waals surface area contributed by atoms with Crippen molar-refractivity contribution in [2.45, 2.75) is 0 Å². The minimum atomic E-state index is 0.788. The summed E-state index contributed by atoms with van der Waals surface area (Å²) in [6, 6.07) is 25.8. The van der Waals surface area contributed by atoms with Gasteiger partial charge < -0.3 is 0 Å². The Morgan fingerprint density at radius 3 is 2.21 bits per heavy atom. The highest BCUT2D eigenvalue weighted by Gasteiger charge is 2.12. The molecule has 2 aromatic carbocycles. The van der Waals surface area contributed by atoms with E-state index in [1.807, 2.05) is 90.1 Å². The number of benzene rings is 2. The molecule has 0 aliphatic rings. The first-order valence-corrected chi connectivity index (χ1v) is 8.80. The van der Waals surface area contributed by atoms with Crippen molar-refractivity contribution < 1.29 is 0 Å². The SMILES string of the molecule is CSC(=Nc1ccccc1)NN(c1ccccc1)c1ccccn1. The third-order valence-corrected chi connectivity index (χ3v) is 3.85. The van der Waals surface area contributed by atoms with Crippen molar-refractivity contribution in [2.75, 3.05) is 11.3 Å². The largest absolute Gasteiger partial charge is 0.270 e. The van der Waals surface area contributed by atoms with Crippen LogP contribution in [0.4, 0.5) is 17.2 Å². The van der Waals surface area contributed by atoms with Crippen LogP contribution in [0.5, 0.6) is 0 Å². The number of nitrogens with zero attached hydrogens (tertiary/aromatic N) is 3. The second-order valence-corrected chi connectivity index (χ2v) is 5.72. The van der Waals surface area contributed by atoms with E-state index in [4.69, 9.17) is 0 Å². The van der Waals surface area contributed by atoms with Gasteiger partial charge in [-0.05, 0) is 42.7 Å². The Labute approximate surface area is 146 Å². The van der Waals surface area contributed by atoms with Crippen molar-refractivity contribution in [3.63, 3.8) is 0 Å². The fourth-order valence-electron chi connectivity index (χ4n) is 2.15. The molecule has 0 saturated carbocycles. The zero-order chi connectivity index (χ0) is 16.6. The highest BCUT2D eigenvalue weighted by Crippen LogP contribution is 2.22. The molecule has 1 heterocycles. The molecule has 1 aromatic heterocycles. The molecule has 0 spiro atoms. The molecule has 0 amide bonds. The number of aromatic nitrogens is 1. The molecule has 120 valence electrons. The zero-order valence-corrected chi connectivity index (χ0v) is 14.1. The number of amidine groups is 1. The van der Waals surface area contributed by atoms with Crippen molar-refractivity contribution in [1.82, 2.24) is 10.4 Å². The molecular formula is C19H18N4S. The van der Waals surface area contributed by atoms with Gasteiger partial charge in [0.25, 0.3) is 0 Å². The lowest BCUT2D eigenvalue weighted by atomic mass is 10.3. The van der Waals surface area contributed by atoms with Gasteiger partial charge in [0.1, 0.15) is 0 Å². The van der Waals surface area contributed by atoms with Gasteiger partial charge in [0.15, 0.2) is 11.0 Å². The molecule has 0 saturated heterocycles. The molecule has 0 aliphatic carbocycles. The number of hydrogen-bond donors (Lipinski definition) is 1. The standard InChI is InChI=1S/C19H18N4S/c1-24-19(21-16-10-4-2-5-11-16)22-23(17-12-6-3-7-13-17)18-14-8-9-15-20-18/h2-15H,1H3,(H,21,22). The van der Waals surface area contributed by atoms with Crippen LogP contribution in [0.2, 0.25) is 0 Å². The summed E-state index contributed by atoms with van der Waals surface area (Å²) in [4.78, 5) is 9.12. The van der Waals surface area contributed by atoms with E-state index in [0.29, 0.717) is 0 Å². The zero-order valence-electron chi connectivity index (χ0n) is 13.3. The maximum absolute atomic E-state index is 4.67. The van der Waals surface area contributed by atoms with E-state index in [9.17, 15) is 0 Å². The summed E-state index contributed by atoms with van der Waals surface area (Å²) in [7, 11) is 0. The Kier molecular flexibility index (Phi) is 5.48. The van der Waals surface area contributed by atoms with Gasteiger partial charge in [-0.25, -0.2) is 15.0 Å². The lowest BCUT2D eigenvalue weighted by Crippen LogP contribution is -2.37. The summed E-state index contributed by atoms with van der Waals surface area (Å²) in [6.45, 7) is 0. The van der Waals surface area contributed by atoms with E-state index in [1.165, 1.54) is 0 Å². The molecule has 3 aromatic rings. The van der Waals surface area contributed by atoms with Crippen molar-refractivity contribution in [1.29, 1.82) is 0 Å². The topological polar surface area (TPSA) is 40.5 Å². The highest BCUT2D eigenvalue weighted by atomic mass is 32.2. The van der Waals surface area contributed by atoms with Crippen molar-refractivity contribution in [3.8, 4) is 0 Å². The van der Waals surface area contributed by atoms with Crippen LogP contribution >= 0.6 is 11.8 Å². The van der Waals surface area contributed by atoms with Gasteiger partial charge >= 0.3 is 0 Å². The first-order valence-electron chi connectivity index (χ1n) is 7.57. The van der Waals surface area contributed by atoms with Crippen LogP contribution in [-0.4, -0.2) is 16.4 Å². The minimum absolute atomic E-state index is 0.788. The average Bonchev–Trinajstić information content (AvgIpc) is 2.67. The number of anilines is 2. The number of aliphatic imine (C=N–C) groups is 1. The second-order valence-electron chi connectivity index (χ2n) is 4.93. The molecular weight excluding hydrogens is 316 g/mol. The molecule has 24 heavy (non-hydrogen) atoms. The monoisotopic (exact) mass is 334 g/mol. The summed E-state index contributed by atoms with van der Waals surface area (Å²) < 4.78 is 0. The molecule has 0 radical (unpaired) electrons. The van der Waals surface area contributed by atoms with E-state index in [-0.39, 0.29) is 0 Å². The normalized spacial score (nSPS) is 11.1. The molecule has 3 rings (SSSR count). The van der Waals surface area contributed by atoms with Crippen LogP contribution in [0.1, 0.15) is 0 Å². The lowest BCUT2D eigenvalue weighted by Gasteiger charge is -2.25. The molecule has 5 heteroatoms. The number of hydrogen-bond acceptors (Lipinski definition) is 4. The first kappa shape index (κ1) is 16.1. The number of para-hydroxylation sites is 2. The summed E-state index contributed by atoms with van der Waals surface area (Å²) >= 11 is 1.55. The van der Waals surface area contributed by atoms with Crippen LogP contribution in [0.25, 0.3) is 0 Å². The number of pyridine rings is 1. The quantitative estimate of drug-likeness (QED) is 0.424. The Balaban J connectivity index is 1.93. The van der Waals surface area contributed by atoms with Gasteiger partial charge in [0.2, 0.25) is 0 Å². The number of thioether (sulfide) groups is 1. The average molecular weight is 334 g/mol. The van der Waals surface area contributed by atoms with Gasteiger partial charge in [-0.1, -0.05) is 54.2 Å². The Morgan fingerprint density at radius 1 is 0.917 bits per heavy atom. The van der Waals surface area contributed by atoms with Crippen LogP contribution in [0.3, 0.4) is 0 Å². The molecule has 0 atom stereocenters. The summed E-state index contributed by atoms with van der Waals surface area (Å²) in [6.07, 6.45) is 3.77. The molecule has 0 fully saturated rings. The van der Waals surface area contributed by atoms with Crippen molar-refractivity contribution in [3.05, 3.63) is 85.1 Å². The maximum Gasteiger partial charge on any atom is 0.180 e. The molecule has 4 nitrogen and oxygen atoms in total. The van der Waals surface area contributed by atoms with E-state index >= 15 is 0 Å². The molecule has 1 N–H and O–H groups in total. The molecule has 0 unspecified atom stereocenters. The number of rotatable bonds is 4. The van der Waals surface area contributed by atoms with Crippen molar-refractivity contribution in [2.24, 2.45) is 4.99 Å². The van der Waals surface area contributed by atoms with Crippen LogP contribution in [0.15, 0.2) is 90.1 Å².